The fourth-order valence-electron chi connectivity index (χ4n) is 2.46. The fraction of sp³-hybridized carbons (Fsp3) is 0.100. The number of hydrogen-bond acceptors (Lipinski definition) is 3. The molecule has 0 spiro atoms. The van der Waals surface area contributed by atoms with Crippen molar-refractivity contribution >= 4 is 17.3 Å². The Morgan fingerprint density at radius 3 is 2.56 bits per heavy atom. The van der Waals surface area contributed by atoms with Gasteiger partial charge in [-0.1, -0.05) is 36.4 Å². The topological polar surface area (TPSA) is 45.2 Å². The van der Waals surface area contributed by atoms with Crippen molar-refractivity contribution in [1.29, 1.82) is 0 Å². The molecule has 0 aliphatic rings. The summed E-state index contributed by atoms with van der Waals surface area (Å²) in [5.74, 6) is -0.772. The number of amides is 1. The van der Waals surface area contributed by atoms with Gasteiger partial charge in [0.25, 0.3) is 5.91 Å². The fourth-order valence-corrected chi connectivity index (χ4v) is 2.46. The van der Waals surface area contributed by atoms with E-state index >= 15 is 0 Å². The average molecular weight is 335 g/mol. The van der Waals surface area contributed by atoms with E-state index in [1.165, 1.54) is 17.7 Å². The molecule has 0 unspecified atom stereocenters. The van der Waals surface area contributed by atoms with Crippen molar-refractivity contribution in [1.82, 2.24) is 4.98 Å². The summed E-state index contributed by atoms with van der Waals surface area (Å²) in [6.45, 7) is 0.747. The number of aromatic nitrogens is 1. The molecule has 2 aromatic carbocycles. The standard InChI is InChI=1S/C20H18FN3O/c1-24(14-15-6-3-2-4-7-15)18-10-11-19(22-13-18)20(25)23-17-9-5-8-16(21)12-17/h2-13H,14H2,1H3,(H,23,25). The SMILES string of the molecule is CN(Cc1ccccc1)c1ccc(C(=O)Nc2cccc(F)c2)nc1. The smallest absolute Gasteiger partial charge is 0.274 e. The second kappa shape index (κ2) is 7.57. The Morgan fingerprint density at radius 2 is 1.88 bits per heavy atom. The number of hydrogen-bond donors (Lipinski definition) is 1. The normalized spacial score (nSPS) is 10.3. The summed E-state index contributed by atoms with van der Waals surface area (Å²) in [6.07, 6.45) is 1.66. The van der Waals surface area contributed by atoms with Gasteiger partial charge in [0, 0.05) is 19.3 Å². The first-order valence-electron chi connectivity index (χ1n) is 7.90. The monoisotopic (exact) mass is 335 g/mol. The predicted molar refractivity (Wildman–Crippen MR) is 97.1 cm³/mol. The summed E-state index contributed by atoms with van der Waals surface area (Å²) in [6, 6.07) is 19.4. The molecule has 25 heavy (non-hydrogen) atoms. The third-order valence-electron chi connectivity index (χ3n) is 3.77. The zero-order valence-electron chi connectivity index (χ0n) is 13.8. The van der Waals surface area contributed by atoms with Crippen molar-refractivity contribution in [3.05, 3.63) is 90.0 Å². The van der Waals surface area contributed by atoms with Gasteiger partial charge in [-0.25, -0.2) is 9.37 Å². The van der Waals surface area contributed by atoms with Gasteiger partial charge in [0.2, 0.25) is 0 Å². The zero-order chi connectivity index (χ0) is 17.6. The molecular weight excluding hydrogens is 317 g/mol. The van der Waals surface area contributed by atoms with E-state index in [4.69, 9.17) is 0 Å². The molecule has 3 aromatic rings. The first-order chi connectivity index (χ1) is 12.1. The lowest BCUT2D eigenvalue weighted by atomic mass is 10.2. The number of halogens is 1. The first-order valence-corrected chi connectivity index (χ1v) is 7.90. The van der Waals surface area contributed by atoms with Gasteiger partial charge < -0.3 is 10.2 Å². The highest BCUT2D eigenvalue weighted by molar-refractivity contribution is 6.02. The van der Waals surface area contributed by atoms with Crippen molar-refractivity contribution in [2.45, 2.75) is 6.54 Å². The molecular formula is C20H18FN3O. The molecule has 0 aliphatic heterocycles. The van der Waals surface area contributed by atoms with Gasteiger partial charge in [0.1, 0.15) is 11.5 Å². The van der Waals surface area contributed by atoms with E-state index in [2.05, 4.69) is 27.3 Å². The Kier molecular flexibility index (Phi) is 5.04. The molecule has 0 fully saturated rings. The number of rotatable bonds is 5. The van der Waals surface area contributed by atoms with Crippen LogP contribution in [0.15, 0.2) is 72.9 Å². The Hall–Kier alpha value is -3.21. The maximum absolute atomic E-state index is 13.2. The van der Waals surface area contributed by atoms with Gasteiger partial charge in [-0.05, 0) is 35.9 Å². The molecule has 0 radical (unpaired) electrons. The number of carbonyl (C=O) groups is 1. The van der Waals surface area contributed by atoms with Crippen molar-refractivity contribution in [3.8, 4) is 0 Å². The molecule has 1 aromatic heterocycles. The minimum atomic E-state index is -0.399. The summed E-state index contributed by atoms with van der Waals surface area (Å²) >= 11 is 0. The third-order valence-corrected chi connectivity index (χ3v) is 3.77. The summed E-state index contributed by atoms with van der Waals surface area (Å²) in [5, 5.41) is 2.63. The van der Waals surface area contributed by atoms with E-state index in [0.717, 1.165) is 12.2 Å². The van der Waals surface area contributed by atoms with Crippen LogP contribution in [0.25, 0.3) is 0 Å². The average Bonchev–Trinajstić information content (AvgIpc) is 2.62. The maximum atomic E-state index is 13.2. The highest BCUT2D eigenvalue weighted by atomic mass is 19.1. The molecule has 0 atom stereocenters. The van der Waals surface area contributed by atoms with Crippen molar-refractivity contribution in [3.63, 3.8) is 0 Å². The van der Waals surface area contributed by atoms with Gasteiger partial charge in [-0.15, -0.1) is 0 Å². The van der Waals surface area contributed by atoms with Gasteiger partial charge in [0.05, 0.1) is 11.9 Å². The van der Waals surface area contributed by atoms with Crippen LogP contribution in [-0.4, -0.2) is 17.9 Å². The highest BCUT2D eigenvalue weighted by Crippen LogP contribution is 2.16. The zero-order valence-corrected chi connectivity index (χ0v) is 13.8. The van der Waals surface area contributed by atoms with Crippen LogP contribution < -0.4 is 10.2 Å². The maximum Gasteiger partial charge on any atom is 0.274 e. The highest BCUT2D eigenvalue weighted by Gasteiger charge is 2.09. The molecule has 3 rings (SSSR count). The Labute approximate surface area is 145 Å². The van der Waals surface area contributed by atoms with E-state index < -0.39 is 5.82 Å². The Bertz CT molecular complexity index is 850. The molecule has 1 N–H and O–H groups in total. The summed E-state index contributed by atoms with van der Waals surface area (Å²) < 4.78 is 13.2. The van der Waals surface area contributed by atoms with E-state index in [-0.39, 0.29) is 11.6 Å². The molecule has 0 bridgehead atoms. The largest absolute Gasteiger partial charge is 0.369 e. The van der Waals surface area contributed by atoms with Crippen LogP contribution in [0, 0.1) is 5.82 Å². The van der Waals surface area contributed by atoms with E-state index in [1.54, 1.807) is 24.4 Å². The van der Waals surface area contributed by atoms with Crippen LogP contribution in [0.3, 0.4) is 0 Å². The lowest BCUT2D eigenvalue weighted by Gasteiger charge is -2.19. The third kappa shape index (κ3) is 4.41. The Morgan fingerprint density at radius 1 is 1.08 bits per heavy atom. The molecule has 0 aliphatic carbocycles. The number of benzene rings is 2. The minimum absolute atomic E-state index is 0.279. The van der Waals surface area contributed by atoms with Gasteiger partial charge >= 0.3 is 0 Å². The first kappa shape index (κ1) is 16.6. The van der Waals surface area contributed by atoms with Crippen LogP contribution in [0.1, 0.15) is 16.1 Å². The van der Waals surface area contributed by atoms with Gasteiger partial charge in [-0.3, -0.25) is 4.79 Å². The van der Waals surface area contributed by atoms with Crippen molar-refractivity contribution in [2.75, 3.05) is 17.3 Å². The summed E-state index contributed by atoms with van der Waals surface area (Å²) in [5.41, 5.74) is 2.78. The molecule has 126 valence electrons. The Balaban J connectivity index is 1.66. The van der Waals surface area contributed by atoms with Crippen LogP contribution in [0.4, 0.5) is 15.8 Å². The second-order valence-electron chi connectivity index (χ2n) is 5.71. The van der Waals surface area contributed by atoms with Crippen LogP contribution in [0.2, 0.25) is 0 Å². The van der Waals surface area contributed by atoms with Crippen molar-refractivity contribution < 1.29 is 9.18 Å². The number of nitrogens with zero attached hydrogens (tertiary/aromatic N) is 2. The lowest BCUT2D eigenvalue weighted by Crippen LogP contribution is -2.18. The number of anilines is 2. The molecule has 1 amide bonds. The van der Waals surface area contributed by atoms with E-state index in [9.17, 15) is 9.18 Å². The van der Waals surface area contributed by atoms with E-state index in [0.29, 0.717) is 5.69 Å². The number of nitrogens with one attached hydrogen (secondary N) is 1. The second-order valence-corrected chi connectivity index (χ2v) is 5.71. The molecule has 0 saturated heterocycles. The van der Waals surface area contributed by atoms with Crippen molar-refractivity contribution in [2.24, 2.45) is 0 Å². The van der Waals surface area contributed by atoms with Crippen LogP contribution in [0.5, 0.6) is 0 Å². The molecule has 1 heterocycles. The molecule has 4 nitrogen and oxygen atoms in total. The predicted octanol–water partition coefficient (Wildman–Crippen LogP) is 4.11. The van der Waals surface area contributed by atoms with Crippen LogP contribution in [-0.2, 0) is 6.54 Å². The van der Waals surface area contributed by atoms with E-state index in [1.807, 2.05) is 31.3 Å². The summed E-state index contributed by atoms with van der Waals surface area (Å²) in [7, 11) is 1.97. The molecule has 5 heteroatoms. The molecule has 0 saturated carbocycles. The quantitative estimate of drug-likeness (QED) is 0.763. The minimum Gasteiger partial charge on any atom is -0.369 e. The number of pyridine rings is 1. The number of carbonyl (C=O) groups excluding carboxylic acids is 1. The lowest BCUT2D eigenvalue weighted by molar-refractivity contribution is 0.102. The van der Waals surface area contributed by atoms with Gasteiger partial charge in [-0.2, -0.15) is 0 Å². The summed E-state index contributed by atoms with van der Waals surface area (Å²) in [4.78, 5) is 18.5. The van der Waals surface area contributed by atoms with Gasteiger partial charge in [0.15, 0.2) is 0 Å². The van der Waals surface area contributed by atoms with Crippen LogP contribution >= 0.6 is 0 Å².